The molecule has 1 amide bonds. The van der Waals surface area contributed by atoms with Gasteiger partial charge in [-0.25, -0.2) is 4.79 Å². The van der Waals surface area contributed by atoms with Gasteiger partial charge in [-0.05, 0) is 49.2 Å². The first-order chi connectivity index (χ1) is 11.0. The molecule has 0 fully saturated rings. The normalized spacial score (nSPS) is 17.1. The van der Waals surface area contributed by atoms with E-state index < -0.39 is 5.97 Å². The number of fused-ring (bicyclic) bond motifs is 1. The molecule has 1 aliphatic rings. The summed E-state index contributed by atoms with van der Waals surface area (Å²) in [5.74, 6) is 1.03. The number of aryl methyl sites for hydroxylation is 1. The molecule has 2 heterocycles. The Morgan fingerprint density at radius 1 is 1.35 bits per heavy atom. The summed E-state index contributed by atoms with van der Waals surface area (Å²) in [5.41, 5.74) is 2.42. The van der Waals surface area contributed by atoms with Gasteiger partial charge in [-0.15, -0.1) is 0 Å². The molecule has 0 spiro atoms. The Morgan fingerprint density at radius 2 is 2.13 bits per heavy atom. The van der Waals surface area contributed by atoms with Crippen molar-refractivity contribution in [1.82, 2.24) is 4.90 Å². The van der Waals surface area contributed by atoms with Crippen molar-refractivity contribution in [3.05, 3.63) is 58.5 Å². The van der Waals surface area contributed by atoms with E-state index in [0.717, 1.165) is 16.9 Å². The molecule has 0 aliphatic carbocycles. The van der Waals surface area contributed by atoms with E-state index in [1.165, 1.54) is 0 Å². The predicted octanol–water partition coefficient (Wildman–Crippen LogP) is 3.02. The first-order valence-corrected chi connectivity index (χ1v) is 7.56. The fourth-order valence-corrected chi connectivity index (χ4v) is 2.79. The van der Waals surface area contributed by atoms with Crippen LogP contribution < -0.4 is 0 Å². The number of rotatable bonds is 3. The number of hydrogen-bond donors (Lipinski definition) is 0. The van der Waals surface area contributed by atoms with Gasteiger partial charge in [-0.1, -0.05) is 6.07 Å². The molecular formula is C18H19NO4. The Hall–Kier alpha value is -2.56. The molecule has 2 aromatic rings. The molecule has 5 heteroatoms. The Kier molecular flexibility index (Phi) is 3.94. The van der Waals surface area contributed by atoms with Crippen molar-refractivity contribution in [2.24, 2.45) is 0 Å². The van der Waals surface area contributed by atoms with Gasteiger partial charge in [0, 0.05) is 7.05 Å². The largest absolute Gasteiger partial charge is 0.463 e. The summed E-state index contributed by atoms with van der Waals surface area (Å²) in [4.78, 5) is 25.9. The summed E-state index contributed by atoms with van der Waals surface area (Å²) < 4.78 is 10.6. The Bertz CT molecular complexity index is 762. The third kappa shape index (κ3) is 2.99. The van der Waals surface area contributed by atoms with Gasteiger partial charge in [-0.3, -0.25) is 4.79 Å². The second-order valence-electron chi connectivity index (χ2n) is 5.86. The highest BCUT2D eigenvalue weighted by Gasteiger charge is 2.27. The molecule has 0 radical (unpaired) electrons. The van der Waals surface area contributed by atoms with Crippen LogP contribution in [-0.2, 0) is 22.6 Å². The second-order valence-corrected chi connectivity index (χ2v) is 5.86. The molecular weight excluding hydrogens is 294 g/mol. The second kappa shape index (κ2) is 5.91. The van der Waals surface area contributed by atoms with Crippen LogP contribution in [-0.4, -0.2) is 23.8 Å². The predicted molar refractivity (Wildman–Crippen MR) is 83.9 cm³/mol. The van der Waals surface area contributed by atoms with E-state index in [0.29, 0.717) is 17.7 Å². The molecule has 120 valence electrons. The number of ether oxygens (including phenoxy) is 1. The van der Waals surface area contributed by atoms with Crippen molar-refractivity contribution in [3.8, 4) is 0 Å². The molecule has 5 nitrogen and oxygen atoms in total. The molecule has 1 aromatic heterocycles. The lowest BCUT2D eigenvalue weighted by atomic mass is 9.92. The minimum Gasteiger partial charge on any atom is -0.463 e. The highest BCUT2D eigenvalue weighted by Crippen LogP contribution is 2.29. The van der Waals surface area contributed by atoms with Crippen molar-refractivity contribution in [2.75, 3.05) is 7.05 Å². The Balaban J connectivity index is 1.75. The first kappa shape index (κ1) is 15.3. The van der Waals surface area contributed by atoms with Gasteiger partial charge in [-0.2, -0.15) is 0 Å². The Labute approximate surface area is 134 Å². The van der Waals surface area contributed by atoms with Crippen LogP contribution >= 0.6 is 0 Å². The van der Waals surface area contributed by atoms with Gasteiger partial charge in [0.25, 0.3) is 0 Å². The molecule has 0 bridgehead atoms. The van der Waals surface area contributed by atoms with Crippen LogP contribution in [0.2, 0.25) is 0 Å². The molecule has 0 saturated heterocycles. The van der Waals surface area contributed by atoms with Gasteiger partial charge in [0.1, 0.15) is 18.1 Å². The average molecular weight is 313 g/mol. The summed E-state index contributed by atoms with van der Waals surface area (Å²) in [6.45, 7) is 3.92. The summed E-state index contributed by atoms with van der Waals surface area (Å²) in [6, 6.07) is 9.02. The van der Waals surface area contributed by atoms with Crippen molar-refractivity contribution in [2.45, 2.75) is 32.9 Å². The number of benzene rings is 1. The van der Waals surface area contributed by atoms with E-state index in [1.807, 2.05) is 26.0 Å². The summed E-state index contributed by atoms with van der Waals surface area (Å²) >= 11 is 0. The summed E-state index contributed by atoms with van der Waals surface area (Å²) in [6.07, 6.45) is 0.314. The van der Waals surface area contributed by atoms with Gasteiger partial charge in [0.2, 0.25) is 5.91 Å². The minimum absolute atomic E-state index is 0.0161. The van der Waals surface area contributed by atoms with Gasteiger partial charge < -0.3 is 14.1 Å². The van der Waals surface area contributed by atoms with E-state index in [9.17, 15) is 9.59 Å². The van der Waals surface area contributed by atoms with Gasteiger partial charge in [0.15, 0.2) is 0 Å². The maximum Gasteiger partial charge on any atom is 0.338 e. The van der Waals surface area contributed by atoms with Crippen LogP contribution in [0.5, 0.6) is 0 Å². The molecule has 0 saturated carbocycles. The number of carbonyl (C=O) groups excluding carboxylic acids is 2. The van der Waals surface area contributed by atoms with Gasteiger partial charge in [0.05, 0.1) is 18.0 Å². The smallest absolute Gasteiger partial charge is 0.338 e. The molecule has 1 aromatic carbocycles. The van der Waals surface area contributed by atoms with E-state index in [-0.39, 0.29) is 18.6 Å². The van der Waals surface area contributed by atoms with Crippen LogP contribution in [0, 0.1) is 6.92 Å². The number of furan rings is 1. The standard InChI is InChI=1S/C18H19NO4/c1-11-4-6-15(23-11)10-22-18(21)13-5-7-16-12(2)19(3)17(20)9-14(16)8-13/h4-8,12H,9-10H2,1-3H3/t12-/m0/s1. The fourth-order valence-electron chi connectivity index (χ4n) is 2.79. The third-order valence-electron chi connectivity index (χ3n) is 4.29. The summed E-state index contributed by atoms with van der Waals surface area (Å²) in [7, 11) is 1.80. The molecule has 0 unspecified atom stereocenters. The minimum atomic E-state index is -0.416. The van der Waals surface area contributed by atoms with Crippen molar-refractivity contribution >= 4 is 11.9 Å². The average Bonchev–Trinajstić information content (AvgIpc) is 2.95. The lowest BCUT2D eigenvalue weighted by molar-refractivity contribution is -0.132. The maximum atomic E-state index is 12.2. The van der Waals surface area contributed by atoms with E-state index >= 15 is 0 Å². The number of carbonyl (C=O) groups is 2. The maximum absolute atomic E-state index is 12.2. The number of hydrogen-bond acceptors (Lipinski definition) is 4. The van der Waals surface area contributed by atoms with E-state index in [4.69, 9.17) is 9.15 Å². The zero-order chi connectivity index (χ0) is 16.6. The molecule has 1 atom stereocenters. The molecule has 1 aliphatic heterocycles. The van der Waals surface area contributed by atoms with Crippen LogP contribution in [0.3, 0.4) is 0 Å². The van der Waals surface area contributed by atoms with Crippen LogP contribution in [0.1, 0.15) is 46.0 Å². The highest BCUT2D eigenvalue weighted by atomic mass is 16.5. The van der Waals surface area contributed by atoms with E-state index in [2.05, 4.69) is 0 Å². The van der Waals surface area contributed by atoms with E-state index in [1.54, 1.807) is 30.1 Å². The van der Waals surface area contributed by atoms with Gasteiger partial charge >= 0.3 is 5.97 Å². The quantitative estimate of drug-likeness (QED) is 0.817. The zero-order valence-electron chi connectivity index (χ0n) is 13.5. The topological polar surface area (TPSA) is 59.8 Å². The lowest BCUT2D eigenvalue weighted by Crippen LogP contribution is -2.35. The summed E-state index contributed by atoms with van der Waals surface area (Å²) in [5, 5.41) is 0. The third-order valence-corrected chi connectivity index (χ3v) is 4.29. The van der Waals surface area contributed by atoms with Crippen molar-refractivity contribution < 1.29 is 18.7 Å². The fraction of sp³-hybridized carbons (Fsp3) is 0.333. The molecule has 3 rings (SSSR count). The lowest BCUT2D eigenvalue weighted by Gasteiger charge is -2.32. The monoisotopic (exact) mass is 313 g/mol. The highest BCUT2D eigenvalue weighted by molar-refractivity contribution is 5.90. The van der Waals surface area contributed by atoms with Crippen LogP contribution in [0.25, 0.3) is 0 Å². The number of likely N-dealkylation sites (N-methyl/N-ethyl adjacent to an activating group) is 1. The van der Waals surface area contributed by atoms with Crippen molar-refractivity contribution in [3.63, 3.8) is 0 Å². The number of esters is 1. The number of nitrogens with zero attached hydrogens (tertiary/aromatic N) is 1. The number of amides is 1. The molecule has 23 heavy (non-hydrogen) atoms. The van der Waals surface area contributed by atoms with Crippen molar-refractivity contribution in [1.29, 1.82) is 0 Å². The first-order valence-electron chi connectivity index (χ1n) is 7.56. The van der Waals surface area contributed by atoms with Crippen LogP contribution in [0.15, 0.2) is 34.7 Å². The zero-order valence-corrected chi connectivity index (χ0v) is 13.5. The van der Waals surface area contributed by atoms with Crippen LogP contribution in [0.4, 0.5) is 0 Å². The SMILES string of the molecule is Cc1ccc(COC(=O)c2ccc3c(c2)CC(=O)N(C)[C@H]3C)o1. The Morgan fingerprint density at radius 3 is 2.83 bits per heavy atom. The molecule has 0 N–H and O–H groups in total.